The lowest BCUT2D eigenvalue weighted by atomic mass is 9.86. The normalized spacial score (nSPS) is 35.8. The van der Waals surface area contributed by atoms with Crippen molar-refractivity contribution in [3.05, 3.63) is 0 Å². The Labute approximate surface area is 78.1 Å². The largest absolute Gasteiger partial charge is 0.274 e. The van der Waals surface area contributed by atoms with Gasteiger partial charge in [0.25, 0.3) is 0 Å². The minimum atomic E-state index is -0.0972. The number of carbonyl (C=O) groups is 1. The van der Waals surface area contributed by atoms with Gasteiger partial charge in [0.15, 0.2) is 6.19 Å². The lowest BCUT2D eigenvalue weighted by molar-refractivity contribution is -0.121. The van der Waals surface area contributed by atoms with Crippen LogP contribution in [-0.2, 0) is 4.79 Å². The van der Waals surface area contributed by atoms with E-state index in [-0.39, 0.29) is 5.91 Å². The van der Waals surface area contributed by atoms with Crippen LogP contribution >= 0.6 is 0 Å². The van der Waals surface area contributed by atoms with Gasteiger partial charge in [0.2, 0.25) is 5.91 Å². The lowest BCUT2D eigenvalue weighted by Crippen LogP contribution is -2.23. The Kier molecular flexibility index (Phi) is 2.22. The molecule has 70 valence electrons. The smallest absolute Gasteiger partial charge is 0.233 e. The number of nitriles is 1. The van der Waals surface area contributed by atoms with Crippen molar-refractivity contribution < 1.29 is 4.79 Å². The molecule has 1 amide bonds. The monoisotopic (exact) mass is 178 g/mol. The van der Waals surface area contributed by atoms with Crippen LogP contribution in [0.5, 0.6) is 0 Å². The summed E-state index contributed by atoms with van der Waals surface area (Å²) >= 11 is 0. The van der Waals surface area contributed by atoms with Crippen LogP contribution in [0.15, 0.2) is 0 Å². The van der Waals surface area contributed by atoms with E-state index in [0.717, 1.165) is 11.8 Å². The van der Waals surface area contributed by atoms with Gasteiger partial charge in [-0.3, -0.25) is 10.1 Å². The predicted octanol–water partition coefficient (Wildman–Crippen LogP) is 1.41. The van der Waals surface area contributed by atoms with Gasteiger partial charge < -0.3 is 0 Å². The van der Waals surface area contributed by atoms with Gasteiger partial charge in [-0.1, -0.05) is 6.42 Å². The molecule has 1 N–H and O–H groups in total. The molecule has 13 heavy (non-hydrogen) atoms. The molecule has 2 saturated carbocycles. The van der Waals surface area contributed by atoms with Crippen LogP contribution < -0.4 is 5.32 Å². The topological polar surface area (TPSA) is 52.9 Å². The Balaban J connectivity index is 1.84. The zero-order valence-electron chi connectivity index (χ0n) is 7.62. The van der Waals surface area contributed by atoms with Gasteiger partial charge in [-0.05, 0) is 37.0 Å². The summed E-state index contributed by atoms with van der Waals surface area (Å²) in [5.74, 6) is 2.12. The van der Waals surface area contributed by atoms with E-state index in [0.29, 0.717) is 12.3 Å². The standard InChI is InChI=1S/C10H14N2O/c11-6-12-10(13)5-9-4-7-1-2-8(9)3-7/h7-9H,1-5H2,(H,12,13). The third-order valence-electron chi connectivity index (χ3n) is 3.53. The molecule has 0 spiro atoms. The minimum Gasteiger partial charge on any atom is -0.274 e. The van der Waals surface area contributed by atoms with E-state index < -0.39 is 0 Å². The van der Waals surface area contributed by atoms with E-state index in [1.165, 1.54) is 25.7 Å². The zero-order valence-corrected chi connectivity index (χ0v) is 7.62. The first kappa shape index (κ1) is 8.55. The summed E-state index contributed by atoms with van der Waals surface area (Å²) in [5.41, 5.74) is 0. The maximum atomic E-state index is 11.1. The van der Waals surface area contributed by atoms with Crippen LogP contribution in [0.25, 0.3) is 0 Å². The van der Waals surface area contributed by atoms with E-state index in [1.807, 2.05) is 0 Å². The van der Waals surface area contributed by atoms with Crippen LogP contribution in [0, 0.1) is 29.2 Å². The fraction of sp³-hybridized carbons (Fsp3) is 0.800. The molecule has 0 aliphatic heterocycles. The highest BCUT2D eigenvalue weighted by atomic mass is 16.1. The molecule has 3 atom stereocenters. The highest BCUT2D eigenvalue weighted by Crippen LogP contribution is 2.49. The highest BCUT2D eigenvalue weighted by molar-refractivity contribution is 5.77. The molecule has 2 aliphatic rings. The molecule has 2 fully saturated rings. The maximum absolute atomic E-state index is 11.1. The maximum Gasteiger partial charge on any atom is 0.233 e. The first-order valence-electron chi connectivity index (χ1n) is 4.97. The molecule has 0 heterocycles. The van der Waals surface area contributed by atoms with Crippen LogP contribution in [0.1, 0.15) is 32.1 Å². The second-order valence-corrected chi connectivity index (χ2v) is 4.30. The third kappa shape index (κ3) is 1.67. The van der Waals surface area contributed by atoms with Gasteiger partial charge in [0.1, 0.15) is 0 Å². The summed E-state index contributed by atoms with van der Waals surface area (Å²) in [7, 11) is 0. The van der Waals surface area contributed by atoms with E-state index in [9.17, 15) is 4.79 Å². The van der Waals surface area contributed by atoms with Crippen molar-refractivity contribution in [3.63, 3.8) is 0 Å². The van der Waals surface area contributed by atoms with Crippen molar-refractivity contribution >= 4 is 5.91 Å². The molecule has 3 unspecified atom stereocenters. The molecule has 0 aromatic heterocycles. The Morgan fingerprint density at radius 2 is 2.31 bits per heavy atom. The van der Waals surface area contributed by atoms with Crippen LogP contribution in [0.4, 0.5) is 0 Å². The molecule has 3 heteroatoms. The molecular weight excluding hydrogens is 164 g/mol. The number of nitrogens with zero attached hydrogens (tertiary/aromatic N) is 1. The summed E-state index contributed by atoms with van der Waals surface area (Å²) in [6.45, 7) is 0. The van der Waals surface area contributed by atoms with Crippen molar-refractivity contribution in [3.8, 4) is 6.19 Å². The fourth-order valence-electron chi connectivity index (χ4n) is 2.98. The molecule has 0 aromatic carbocycles. The summed E-state index contributed by atoms with van der Waals surface area (Å²) in [6, 6.07) is 0. The number of hydrogen-bond acceptors (Lipinski definition) is 2. The number of rotatable bonds is 2. The quantitative estimate of drug-likeness (QED) is 0.513. The second kappa shape index (κ2) is 3.37. The van der Waals surface area contributed by atoms with Crippen molar-refractivity contribution in [2.75, 3.05) is 0 Å². The van der Waals surface area contributed by atoms with Crippen molar-refractivity contribution in [2.24, 2.45) is 17.8 Å². The lowest BCUT2D eigenvalue weighted by Gasteiger charge is -2.19. The molecule has 2 aliphatic carbocycles. The molecule has 0 saturated heterocycles. The minimum absolute atomic E-state index is 0.0972. The van der Waals surface area contributed by atoms with Gasteiger partial charge in [0.05, 0.1) is 0 Å². The molecule has 2 bridgehead atoms. The van der Waals surface area contributed by atoms with Crippen molar-refractivity contribution in [1.82, 2.24) is 5.32 Å². The predicted molar refractivity (Wildman–Crippen MR) is 47.3 cm³/mol. The number of hydrogen-bond donors (Lipinski definition) is 1. The Morgan fingerprint density at radius 3 is 2.85 bits per heavy atom. The first-order valence-corrected chi connectivity index (χ1v) is 4.97. The van der Waals surface area contributed by atoms with Gasteiger partial charge >= 0.3 is 0 Å². The van der Waals surface area contributed by atoms with Gasteiger partial charge in [-0.25, -0.2) is 0 Å². The summed E-state index contributed by atoms with van der Waals surface area (Å²) in [5, 5.41) is 10.5. The number of fused-ring (bicyclic) bond motifs is 2. The summed E-state index contributed by atoms with van der Waals surface area (Å²) in [4.78, 5) is 11.1. The Morgan fingerprint density at radius 1 is 1.46 bits per heavy atom. The zero-order chi connectivity index (χ0) is 9.26. The Hall–Kier alpha value is -1.04. The molecule has 0 aromatic rings. The second-order valence-electron chi connectivity index (χ2n) is 4.30. The fourth-order valence-corrected chi connectivity index (χ4v) is 2.98. The summed E-state index contributed by atoms with van der Waals surface area (Å²) < 4.78 is 0. The molecule has 3 nitrogen and oxygen atoms in total. The van der Waals surface area contributed by atoms with Gasteiger partial charge in [-0.2, -0.15) is 5.26 Å². The van der Waals surface area contributed by atoms with E-state index >= 15 is 0 Å². The van der Waals surface area contributed by atoms with Gasteiger partial charge in [-0.15, -0.1) is 0 Å². The SMILES string of the molecule is N#CNC(=O)CC1CC2CCC1C2. The molecule has 2 rings (SSSR count). The molecule has 0 radical (unpaired) electrons. The summed E-state index contributed by atoms with van der Waals surface area (Å²) in [6.07, 6.45) is 7.45. The highest BCUT2D eigenvalue weighted by Gasteiger charge is 2.39. The van der Waals surface area contributed by atoms with Gasteiger partial charge in [0, 0.05) is 6.42 Å². The van der Waals surface area contributed by atoms with Crippen molar-refractivity contribution in [2.45, 2.75) is 32.1 Å². The first-order chi connectivity index (χ1) is 6.29. The molecular formula is C10H14N2O. The van der Waals surface area contributed by atoms with Crippen molar-refractivity contribution in [1.29, 1.82) is 5.26 Å². The van der Waals surface area contributed by atoms with E-state index in [1.54, 1.807) is 6.19 Å². The van der Waals surface area contributed by atoms with Crippen LogP contribution in [0.3, 0.4) is 0 Å². The number of nitrogens with one attached hydrogen (secondary N) is 1. The van der Waals surface area contributed by atoms with Crippen LogP contribution in [0.2, 0.25) is 0 Å². The number of amides is 1. The van der Waals surface area contributed by atoms with Crippen LogP contribution in [-0.4, -0.2) is 5.91 Å². The van der Waals surface area contributed by atoms with E-state index in [2.05, 4.69) is 5.32 Å². The van der Waals surface area contributed by atoms with E-state index in [4.69, 9.17) is 5.26 Å². The number of carbonyl (C=O) groups excluding carboxylic acids is 1. The Bertz CT molecular complexity index is 256. The average Bonchev–Trinajstić information content (AvgIpc) is 2.65. The third-order valence-corrected chi connectivity index (χ3v) is 3.53. The average molecular weight is 178 g/mol.